The van der Waals surface area contributed by atoms with Crippen molar-refractivity contribution >= 4 is 22.6 Å². The van der Waals surface area contributed by atoms with Gasteiger partial charge in [0.1, 0.15) is 5.58 Å². The summed E-state index contributed by atoms with van der Waals surface area (Å²) < 4.78 is 5.10. The van der Waals surface area contributed by atoms with E-state index < -0.39 is 5.63 Å². The predicted molar refractivity (Wildman–Crippen MR) is 107 cm³/mol. The van der Waals surface area contributed by atoms with Gasteiger partial charge in [-0.2, -0.15) is 0 Å². The van der Waals surface area contributed by atoms with E-state index in [2.05, 4.69) is 17.4 Å². The number of anilines is 1. The average Bonchev–Trinajstić information content (AvgIpc) is 2.69. The molecule has 3 aromatic carbocycles. The molecule has 0 atom stereocenters. The first kappa shape index (κ1) is 16.8. The van der Waals surface area contributed by atoms with Gasteiger partial charge in [0.05, 0.1) is 6.42 Å². The Morgan fingerprint density at radius 3 is 2.33 bits per heavy atom. The van der Waals surface area contributed by atoms with Gasteiger partial charge in [-0.1, -0.05) is 54.6 Å². The van der Waals surface area contributed by atoms with Gasteiger partial charge in [0.25, 0.3) is 0 Å². The van der Waals surface area contributed by atoms with Crippen LogP contribution >= 0.6 is 0 Å². The molecule has 1 aromatic heterocycles. The fraction of sp³-hybridized carbons (Fsp3) is 0.0435. The maximum Gasteiger partial charge on any atom is 0.336 e. The van der Waals surface area contributed by atoms with Crippen molar-refractivity contribution in [2.45, 2.75) is 6.42 Å². The Morgan fingerprint density at radius 1 is 0.815 bits per heavy atom. The minimum absolute atomic E-state index is 0.0980. The zero-order chi connectivity index (χ0) is 18.6. The van der Waals surface area contributed by atoms with Crippen molar-refractivity contribution in [1.82, 2.24) is 0 Å². The van der Waals surface area contributed by atoms with E-state index in [4.69, 9.17) is 4.42 Å². The molecule has 0 saturated heterocycles. The van der Waals surface area contributed by atoms with E-state index in [-0.39, 0.29) is 12.3 Å². The molecular formula is C23H17NO3. The van der Waals surface area contributed by atoms with E-state index >= 15 is 0 Å². The van der Waals surface area contributed by atoms with E-state index in [0.717, 1.165) is 22.1 Å². The zero-order valence-electron chi connectivity index (χ0n) is 14.5. The molecule has 0 unspecified atom stereocenters. The Morgan fingerprint density at radius 2 is 1.56 bits per heavy atom. The first-order valence-electron chi connectivity index (χ1n) is 8.65. The Labute approximate surface area is 156 Å². The molecule has 4 nitrogen and oxygen atoms in total. The number of benzene rings is 3. The number of rotatable bonds is 4. The first-order valence-corrected chi connectivity index (χ1v) is 8.65. The molecule has 0 aliphatic rings. The van der Waals surface area contributed by atoms with Gasteiger partial charge >= 0.3 is 5.63 Å². The van der Waals surface area contributed by atoms with Gasteiger partial charge < -0.3 is 9.73 Å². The highest BCUT2D eigenvalue weighted by molar-refractivity contribution is 5.94. The van der Waals surface area contributed by atoms with Crippen molar-refractivity contribution in [2.24, 2.45) is 0 Å². The third-order valence-corrected chi connectivity index (χ3v) is 4.33. The number of hydrogen-bond donors (Lipinski definition) is 1. The Kier molecular flexibility index (Phi) is 4.54. The normalized spacial score (nSPS) is 10.7. The second-order valence-electron chi connectivity index (χ2n) is 6.29. The molecule has 1 heterocycles. The summed E-state index contributed by atoms with van der Waals surface area (Å²) in [6.07, 6.45) is 0.289. The minimum Gasteiger partial charge on any atom is -0.423 e. The number of nitrogens with one attached hydrogen (secondary N) is 1. The molecule has 0 bridgehead atoms. The van der Waals surface area contributed by atoms with Crippen LogP contribution in [-0.2, 0) is 11.2 Å². The average molecular weight is 355 g/mol. The standard InChI is InChI=1S/C23H17NO3/c25-22(24-20-11-12-21-19(15-20)10-13-23(26)27-21)14-16-6-8-18(9-7-16)17-4-2-1-3-5-17/h1-13,15H,14H2,(H,24,25). The third-order valence-electron chi connectivity index (χ3n) is 4.33. The molecule has 0 saturated carbocycles. The molecule has 1 amide bonds. The summed E-state index contributed by atoms with van der Waals surface area (Å²) in [7, 11) is 0. The molecule has 0 spiro atoms. The molecule has 0 aliphatic carbocycles. The summed E-state index contributed by atoms with van der Waals surface area (Å²) in [4.78, 5) is 23.6. The Balaban J connectivity index is 1.45. The highest BCUT2D eigenvalue weighted by Crippen LogP contribution is 2.20. The third kappa shape index (κ3) is 3.96. The number of amides is 1. The van der Waals surface area contributed by atoms with Crippen LogP contribution in [0.2, 0.25) is 0 Å². The van der Waals surface area contributed by atoms with Crippen molar-refractivity contribution in [2.75, 3.05) is 5.32 Å². The van der Waals surface area contributed by atoms with Gasteiger partial charge in [0, 0.05) is 17.1 Å². The molecule has 132 valence electrons. The molecule has 4 heteroatoms. The molecule has 4 rings (SSSR count). The lowest BCUT2D eigenvalue weighted by Crippen LogP contribution is -2.14. The fourth-order valence-corrected chi connectivity index (χ4v) is 2.99. The monoisotopic (exact) mass is 355 g/mol. The summed E-state index contributed by atoms with van der Waals surface area (Å²) in [6.45, 7) is 0. The Bertz CT molecular complexity index is 1150. The van der Waals surface area contributed by atoms with Crippen molar-refractivity contribution in [3.05, 3.63) is 101 Å². The predicted octanol–water partition coefficient (Wildman–Crippen LogP) is 4.64. The van der Waals surface area contributed by atoms with Crippen molar-refractivity contribution in [3.8, 4) is 11.1 Å². The number of hydrogen-bond acceptors (Lipinski definition) is 3. The highest BCUT2D eigenvalue weighted by atomic mass is 16.4. The van der Waals surface area contributed by atoms with Gasteiger partial charge in [0.2, 0.25) is 5.91 Å². The number of fused-ring (bicyclic) bond motifs is 1. The van der Waals surface area contributed by atoms with Gasteiger partial charge in [-0.15, -0.1) is 0 Å². The van der Waals surface area contributed by atoms with Crippen LogP contribution in [0.25, 0.3) is 22.1 Å². The summed E-state index contributed by atoms with van der Waals surface area (Å²) >= 11 is 0. The summed E-state index contributed by atoms with van der Waals surface area (Å²) in [6, 6.07) is 26.3. The van der Waals surface area contributed by atoms with Crippen LogP contribution in [0.15, 0.2) is 94.1 Å². The lowest BCUT2D eigenvalue weighted by molar-refractivity contribution is -0.115. The van der Waals surface area contributed by atoms with Crippen LogP contribution in [0, 0.1) is 0 Å². The largest absolute Gasteiger partial charge is 0.423 e. The van der Waals surface area contributed by atoms with Crippen molar-refractivity contribution in [1.29, 1.82) is 0 Å². The maximum atomic E-state index is 12.3. The molecular weight excluding hydrogens is 338 g/mol. The summed E-state index contributed by atoms with van der Waals surface area (Å²) in [5, 5.41) is 3.65. The molecule has 0 fully saturated rings. The lowest BCUT2D eigenvalue weighted by Gasteiger charge is -2.07. The van der Waals surface area contributed by atoms with Crippen molar-refractivity contribution < 1.29 is 9.21 Å². The van der Waals surface area contributed by atoms with Gasteiger partial charge in [-0.3, -0.25) is 4.79 Å². The minimum atomic E-state index is -0.391. The van der Waals surface area contributed by atoms with E-state index in [9.17, 15) is 9.59 Å². The molecule has 27 heavy (non-hydrogen) atoms. The first-order chi connectivity index (χ1) is 13.2. The quantitative estimate of drug-likeness (QED) is 0.543. The summed E-state index contributed by atoms with van der Waals surface area (Å²) in [5.41, 5.74) is 3.99. The van der Waals surface area contributed by atoms with Crippen molar-refractivity contribution in [3.63, 3.8) is 0 Å². The van der Waals surface area contributed by atoms with Crippen LogP contribution in [-0.4, -0.2) is 5.91 Å². The molecule has 0 aliphatic heterocycles. The van der Waals surface area contributed by atoms with Crippen LogP contribution in [0.3, 0.4) is 0 Å². The highest BCUT2D eigenvalue weighted by Gasteiger charge is 2.06. The van der Waals surface area contributed by atoms with Crippen LogP contribution < -0.4 is 10.9 Å². The van der Waals surface area contributed by atoms with Gasteiger partial charge in [-0.25, -0.2) is 4.79 Å². The Hall–Kier alpha value is -3.66. The van der Waals surface area contributed by atoms with E-state index in [1.54, 1.807) is 24.3 Å². The maximum absolute atomic E-state index is 12.3. The molecule has 1 N–H and O–H groups in total. The molecule has 0 radical (unpaired) electrons. The van der Waals surface area contributed by atoms with Gasteiger partial charge in [0.15, 0.2) is 0 Å². The van der Waals surface area contributed by atoms with Crippen LogP contribution in [0.1, 0.15) is 5.56 Å². The smallest absolute Gasteiger partial charge is 0.336 e. The molecule has 4 aromatic rings. The lowest BCUT2D eigenvalue weighted by atomic mass is 10.0. The SMILES string of the molecule is O=C(Cc1ccc(-c2ccccc2)cc1)Nc1ccc2oc(=O)ccc2c1. The van der Waals surface area contributed by atoms with E-state index in [1.165, 1.54) is 6.07 Å². The van der Waals surface area contributed by atoms with Crippen LogP contribution in [0.4, 0.5) is 5.69 Å². The summed E-state index contributed by atoms with van der Waals surface area (Å²) in [5.74, 6) is -0.0980. The topological polar surface area (TPSA) is 59.3 Å². The van der Waals surface area contributed by atoms with E-state index in [0.29, 0.717) is 11.3 Å². The fourth-order valence-electron chi connectivity index (χ4n) is 2.99. The van der Waals surface area contributed by atoms with E-state index in [1.807, 2.05) is 42.5 Å². The second kappa shape index (κ2) is 7.30. The second-order valence-corrected chi connectivity index (χ2v) is 6.29. The number of carbonyl (C=O) groups is 1. The van der Waals surface area contributed by atoms with Gasteiger partial charge in [-0.05, 0) is 41.0 Å². The number of carbonyl (C=O) groups excluding carboxylic acids is 1. The van der Waals surface area contributed by atoms with Crippen LogP contribution in [0.5, 0.6) is 0 Å². The zero-order valence-corrected chi connectivity index (χ0v) is 14.5.